The normalized spacial score (nSPS) is 11.2. The van der Waals surface area contributed by atoms with Crippen molar-refractivity contribution in [1.82, 2.24) is 9.97 Å². The van der Waals surface area contributed by atoms with Gasteiger partial charge in [0.15, 0.2) is 5.82 Å². The van der Waals surface area contributed by atoms with Crippen LogP contribution in [-0.2, 0) is 6.42 Å². The van der Waals surface area contributed by atoms with E-state index in [1.54, 1.807) is 11.3 Å². The SMILES string of the molecule is CC(C)Cc1nc(-c2ccc(Br)s2)[nH]c(=O)c1Br. The first kappa shape index (κ1) is 14.0. The summed E-state index contributed by atoms with van der Waals surface area (Å²) < 4.78 is 1.56. The lowest BCUT2D eigenvalue weighted by molar-refractivity contribution is 0.631. The second-order valence-electron chi connectivity index (χ2n) is 4.38. The Morgan fingerprint density at radius 1 is 1.39 bits per heavy atom. The average molecular weight is 392 g/mol. The second-order valence-corrected chi connectivity index (χ2v) is 7.63. The van der Waals surface area contributed by atoms with Crippen LogP contribution in [-0.4, -0.2) is 9.97 Å². The Morgan fingerprint density at radius 3 is 2.67 bits per heavy atom. The number of nitrogens with zero attached hydrogens (tertiary/aromatic N) is 1. The predicted octanol–water partition coefficient (Wildman–Crippen LogP) is 4.22. The van der Waals surface area contributed by atoms with E-state index < -0.39 is 0 Å². The van der Waals surface area contributed by atoms with Gasteiger partial charge in [0.1, 0.15) is 4.47 Å². The van der Waals surface area contributed by atoms with Crippen LogP contribution >= 0.6 is 43.2 Å². The molecule has 0 saturated carbocycles. The number of thiophene rings is 1. The molecule has 0 aliphatic carbocycles. The second kappa shape index (κ2) is 5.67. The fourth-order valence-corrected chi connectivity index (χ4v) is 3.27. The first-order chi connectivity index (χ1) is 8.47. The molecule has 2 aromatic heterocycles. The number of nitrogens with one attached hydrogen (secondary N) is 1. The van der Waals surface area contributed by atoms with E-state index in [0.29, 0.717) is 16.2 Å². The van der Waals surface area contributed by atoms with Gasteiger partial charge in [-0.05, 0) is 56.3 Å². The molecule has 0 unspecified atom stereocenters. The third-order valence-corrected chi connectivity index (χ3v) is 4.79. The van der Waals surface area contributed by atoms with Crippen LogP contribution in [0.15, 0.2) is 25.2 Å². The van der Waals surface area contributed by atoms with Crippen molar-refractivity contribution in [2.45, 2.75) is 20.3 Å². The molecule has 6 heteroatoms. The van der Waals surface area contributed by atoms with Gasteiger partial charge in [-0.2, -0.15) is 0 Å². The predicted molar refractivity (Wildman–Crippen MR) is 82.1 cm³/mol. The summed E-state index contributed by atoms with van der Waals surface area (Å²) >= 11 is 8.27. The van der Waals surface area contributed by atoms with Crippen molar-refractivity contribution in [1.29, 1.82) is 0 Å². The molecular weight excluding hydrogens is 380 g/mol. The topological polar surface area (TPSA) is 45.8 Å². The van der Waals surface area contributed by atoms with E-state index in [1.807, 2.05) is 12.1 Å². The Balaban J connectivity index is 2.50. The number of aromatic amines is 1. The largest absolute Gasteiger partial charge is 0.305 e. The monoisotopic (exact) mass is 390 g/mol. The summed E-state index contributed by atoms with van der Waals surface area (Å²) in [6, 6.07) is 3.89. The summed E-state index contributed by atoms with van der Waals surface area (Å²) in [5.41, 5.74) is 0.688. The van der Waals surface area contributed by atoms with Gasteiger partial charge in [-0.1, -0.05) is 13.8 Å². The van der Waals surface area contributed by atoms with Gasteiger partial charge in [-0.3, -0.25) is 4.79 Å². The minimum atomic E-state index is -0.125. The van der Waals surface area contributed by atoms with Gasteiger partial charge in [-0.15, -0.1) is 11.3 Å². The third-order valence-electron chi connectivity index (χ3n) is 2.34. The zero-order valence-corrected chi connectivity index (χ0v) is 13.9. The van der Waals surface area contributed by atoms with Crippen molar-refractivity contribution < 1.29 is 0 Å². The smallest absolute Gasteiger partial charge is 0.265 e. The highest BCUT2D eigenvalue weighted by Gasteiger charge is 2.12. The van der Waals surface area contributed by atoms with Gasteiger partial charge < -0.3 is 4.98 Å². The Hall–Kier alpha value is -0.460. The number of hydrogen-bond donors (Lipinski definition) is 1. The molecule has 2 aromatic rings. The Labute approximate surface area is 126 Å². The summed E-state index contributed by atoms with van der Waals surface area (Å²) in [5, 5.41) is 0. The van der Waals surface area contributed by atoms with Crippen LogP contribution in [0.3, 0.4) is 0 Å². The lowest BCUT2D eigenvalue weighted by Crippen LogP contribution is -2.14. The zero-order chi connectivity index (χ0) is 13.3. The first-order valence-corrected chi connectivity index (χ1v) is 7.92. The maximum atomic E-state index is 11.9. The molecule has 2 rings (SSSR count). The molecule has 0 fully saturated rings. The highest BCUT2D eigenvalue weighted by Crippen LogP contribution is 2.29. The molecular formula is C12H12Br2N2OS. The molecule has 0 aromatic carbocycles. The lowest BCUT2D eigenvalue weighted by Gasteiger charge is -2.07. The van der Waals surface area contributed by atoms with E-state index in [-0.39, 0.29) is 5.56 Å². The third kappa shape index (κ3) is 3.10. The molecule has 18 heavy (non-hydrogen) atoms. The molecule has 0 atom stereocenters. The lowest BCUT2D eigenvalue weighted by atomic mass is 10.1. The molecule has 0 saturated heterocycles. The van der Waals surface area contributed by atoms with Crippen molar-refractivity contribution in [3.05, 3.63) is 36.4 Å². The van der Waals surface area contributed by atoms with E-state index in [2.05, 4.69) is 55.7 Å². The van der Waals surface area contributed by atoms with Crippen molar-refractivity contribution in [2.75, 3.05) is 0 Å². The summed E-state index contributed by atoms with van der Waals surface area (Å²) in [4.78, 5) is 20.2. The van der Waals surface area contributed by atoms with Gasteiger partial charge in [0.25, 0.3) is 5.56 Å². The van der Waals surface area contributed by atoms with Crippen LogP contribution in [0.4, 0.5) is 0 Å². The van der Waals surface area contributed by atoms with Crippen LogP contribution in [0.5, 0.6) is 0 Å². The maximum Gasteiger partial charge on any atom is 0.265 e. The number of aromatic nitrogens is 2. The highest BCUT2D eigenvalue weighted by molar-refractivity contribution is 9.11. The Morgan fingerprint density at radius 2 is 2.11 bits per heavy atom. The van der Waals surface area contributed by atoms with Gasteiger partial charge in [0, 0.05) is 0 Å². The van der Waals surface area contributed by atoms with E-state index in [0.717, 1.165) is 20.8 Å². The quantitative estimate of drug-likeness (QED) is 0.851. The molecule has 3 nitrogen and oxygen atoms in total. The first-order valence-electron chi connectivity index (χ1n) is 5.51. The molecule has 0 bridgehead atoms. The summed E-state index contributed by atoms with van der Waals surface area (Å²) in [7, 11) is 0. The number of halogens is 2. The Kier molecular flexibility index (Phi) is 4.40. The van der Waals surface area contributed by atoms with Crippen molar-refractivity contribution in [3.8, 4) is 10.7 Å². The van der Waals surface area contributed by atoms with Crippen LogP contribution in [0, 0.1) is 5.92 Å². The van der Waals surface area contributed by atoms with Crippen LogP contribution < -0.4 is 5.56 Å². The summed E-state index contributed by atoms with van der Waals surface area (Å²) in [5.74, 6) is 1.09. The Bertz CT molecular complexity index is 619. The minimum absolute atomic E-state index is 0.125. The van der Waals surface area contributed by atoms with Crippen LogP contribution in [0.2, 0.25) is 0 Å². The maximum absolute atomic E-state index is 11.9. The van der Waals surface area contributed by atoms with Gasteiger partial charge in [-0.25, -0.2) is 4.98 Å². The van der Waals surface area contributed by atoms with E-state index in [9.17, 15) is 4.79 Å². The number of hydrogen-bond acceptors (Lipinski definition) is 3. The van der Waals surface area contributed by atoms with Gasteiger partial charge >= 0.3 is 0 Å². The molecule has 96 valence electrons. The average Bonchev–Trinajstić information content (AvgIpc) is 2.70. The molecule has 1 N–H and O–H groups in total. The van der Waals surface area contributed by atoms with Crippen molar-refractivity contribution >= 4 is 43.2 Å². The summed E-state index contributed by atoms with van der Waals surface area (Å²) in [6.07, 6.45) is 0.782. The molecule has 0 spiro atoms. The standard InChI is InChI=1S/C12H12Br2N2OS/c1-6(2)5-7-10(14)12(17)16-11(15-7)8-3-4-9(13)18-8/h3-4,6H,5H2,1-2H3,(H,15,16,17). The van der Waals surface area contributed by atoms with Crippen LogP contribution in [0.25, 0.3) is 10.7 Å². The molecule has 0 radical (unpaired) electrons. The zero-order valence-electron chi connectivity index (χ0n) is 9.96. The van der Waals surface area contributed by atoms with Crippen molar-refractivity contribution in [2.24, 2.45) is 5.92 Å². The minimum Gasteiger partial charge on any atom is -0.305 e. The molecule has 2 heterocycles. The van der Waals surface area contributed by atoms with E-state index in [4.69, 9.17) is 0 Å². The highest BCUT2D eigenvalue weighted by atomic mass is 79.9. The van der Waals surface area contributed by atoms with Gasteiger partial charge in [0.05, 0.1) is 14.4 Å². The number of H-pyrrole nitrogens is 1. The fourth-order valence-electron chi connectivity index (χ4n) is 1.59. The van der Waals surface area contributed by atoms with Crippen molar-refractivity contribution in [3.63, 3.8) is 0 Å². The molecule has 0 aliphatic heterocycles. The number of rotatable bonds is 3. The summed E-state index contributed by atoms with van der Waals surface area (Å²) in [6.45, 7) is 4.22. The fraction of sp³-hybridized carbons (Fsp3) is 0.333. The molecule has 0 amide bonds. The van der Waals surface area contributed by atoms with E-state index in [1.165, 1.54) is 0 Å². The molecule has 0 aliphatic rings. The van der Waals surface area contributed by atoms with Crippen LogP contribution in [0.1, 0.15) is 19.5 Å². The van der Waals surface area contributed by atoms with E-state index >= 15 is 0 Å². The van der Waals surface area contributed by atoms with Gasteiger partial charge in [0.2, 0.25) is 0 Å².